The van der Waals surface area contributed by atoms with E-state index in [4.69, 9.17) is 20.9 Å². The molecule has 4 nitrogen and oxygen atoms in total. The summed E-state index contributed by atoms with van der Waals surface area (Å²) in [6.07, 6.45) is 2.07. The first-order valence-corrected chi connectivity index (χ1v) is 5.25. The van der Waals surface area contributed by atoms with E-state index in [1.165, 1.54) is 12.1 Å². The van der Waals surface area contributed by atoms with E-state index >= 15 is 0 Å². The number of nitrogens with two attached hydrogens (primary N) is 2. The smallest absolute Gasteiger partial charge is 0.147 e. The van der Waals surface area contributed by atoms with Crippen LogP contribution in [0.2, 0.25) is 0 Å². The molecule has 1 unspecified atom stereocenters. The number of hydrogen-bond donors (Lipinski definition) is 2. The number of anilines is 2. The molecule has 0 amide bonds. The normalized spacial score (nSPS) is 19.9. The molecule has 5 heteroatoms. The minimum absolute atomic E-state index is 0.0730. The first kappa shape index (κ1) is 11.0. The highest BCUT2D eigenvalue weighted by Gasteiger charge is 2.17. The molecule has 2 rings (SSSR count). The molecule has 1 fully saturated rings. The second kappa shape index (κ2) is 4.57. The fraction of sp³-hybridized carbons (Fsp3) is 0.455. The highest BCUT2D eigenvalue weighted by molar-refractivity contribution is 5.70. The Hall–Kier alpha value is -1.49. The molecule has 1 aromatic carbocycles. The quantitative estimate of drug-likeness (QED) is 0.767. The van der Waals surface area contributed by atoms with Crippen molar-refractivity contribution in [1.82, 2.24) is 0 Å². The molecule has 16 heavy (non-hydrogen) atoms. The fourth-order valence-electron chi connectivity index (χ4n) is 1.69. The van der Waals surface area contributed by atoms with E-state index in [0.29, 0.717) is 6.61 Å². The molecule has 1 aromatic rings. The monoisotopic (exact) mass is 226 g/mol. The van der Waals surface area contributed by atoms with E-state index in [2.05, 4.69) is 0 Å². The second-order valence-electron chi connectivity index (χ2n) is 3.85. The summed E-state index contributed by atoms with van der Waals surface area (Å²) in [4.78, 5) is 0. The van der Waals surface area contributed by atoms with Crippen LogP contribution < -0.4 is 16.2 Å². The number of halogens is 1. The second-order valence-corrected chi connectivity index (χ2v) is 3.85. The average molecular weight is 226 g/mol. The summed E-state index contributed by atoms with van der Waals surface area (Å²) < 4.78 is 23.9. The van der Waals surface area contributed by atoms with Crippen LogP contribution >= 0.6 is 0 Å². The van der Waals surface area contributed by atoms with Crippen LogP contribution in [0.3, 0.4) is 0 Å². The molecule has 4 N–H and O–H groups in total. The lowest BCUT2D eigenvalue weighted by Crippen LogP contribution is -2.17. The minimum Gasteiger partial charge on any atom is -0.489 e. The van der Waals surface area contributed by atoms with Crippen LogP contribution in [0.4, 0.5) is 15.8 Å². The van der Waals surface area contributed by atoms with Gasteiger partial charge in [0.25, 0.3) is 0 Å². The summed E-state index contributed by atoms with van der Waals surface area (Å²) in [5.41, 5.74) is 11.7. The lowest BCUT2D eigenvalue weighted by Gasteiger charge is -2.14. The Bertz CT molecular complexity index is 378. The standard InChI is InChI=1S/C11H15FN2O2/c12-7-4-9(13)11(14)10(5-7)16-6-8-2-1-3-15-8/h4-5,8H,1-3,6,13-14H2. The van der Waals surface area contributed by atoms with Crippen molar-refractivity contribution in [2.24, 2.45) is 0 Å². The van der Waals surface area contributed by atoms with Crippen molar-refractivity contribution in [1.29, 1.82) is 0 Å². The van der Waals surface area contributed by atoms with Crippen molar-refractivity contribution in [2.45, 2.75) is 18.9 Å². The van der Waals surface area contributed by atoms with E-state index in [1.54, 1.807) is 0 Å². The highest BCUT2D eigenvalue weighted by Crippen LogP contribution is 2.29. The first-order chi connectivity index (χ1) is 7.66. The molecule has 1 aliphatic rings. The Kier molecular flexibility index (Phi) is 3.14. The largest absolute Gasteiger partial charge is 0.489 e. The van der Waals surface area contributed by atoms with E-state index in [1.807, 2.05) is 0 Å². The lowest BCUT2D eigenvalue weighted by molar-refractivity contribution is 0.0681. The van der Waals surface area contributed by atoms with Crippen molar-refractivity contribution >= 4 is 11.4 Å². The number of rotatable bonds is 3. The summed E-state index contributed by atoms with van der Waals surface area (Å²) in [6.45, 7) is 1.14. The fourth-order valence-corrected chi connectivity index (χ4v) is 1.69. The van der Waals surface area contributed by atoms with Gasteiger partial charge in [0.2, 0.25) is 0 Å². The van der Waals surface area contributed by atoms with Crippen LogP contribution in [-0.2, 0) is 4.74 Å². The van der Waals surface area contributed by atoms with E-state index < -0.39 is 5.82 Å². The summed E-state index contributed by atoms with van der Waals surface area (Å²) in [6, 6.07) is 2.41. The van der Waals surface area contributed by atoms with E-state index in [-0.39, 0.29) is 23.2 Å². The zero-order chi connectivity index (χ0) is 11.5. The van der Waals surface area contributed by atoms with Crippen LogP contribution in [0.15, 0.2) is 12.1 Å². The van der Waals surface area contributed by atoms with Gasteiger partial charge in [-0.2, -0.15) is 0 Å². The SMILES string of the molecule is Nc1cc(F)cc(OCC2CCCO2)c1N. The molecule has 0 aliphatic carbocycles. The first-order valence-electron chi connectivity index (χ1n) is 5.25. The highest BCUT2D eigenvalue weighted by atomic mass is 19.1. The van der Waals surface area contributed by atoms with Crippen LogP contribution in [0.5, 0.6) is 5.75 Å². The van der Waals surface area contributed by atoms with Gasteiger partial charge in [-0.3, -0.25) is 0 Å². The molecule has 0 aromatic heterocycles. The Morgan fingerprint density at radius 1 is 1.44 bits per heavy atom. The number of hydrogen-bond acceptors (Lipinski definition) is 4. The Labute approximate surface area is 93.3 Å². The van der Waals surface area contributed by atoms with Crippen molar-refractivity contribution in [2.75, 3.05) is 24.7 Å². The molecule has 0 saturated carbocycles. The van der Waals surface area contributed by atoms with E-state index in [9.17, 15) is 4.39 Å². The maximum Gasteiger partial charge on any atom is 0.147 e. The third-order valence-corrected chi connectivity index (χ3v) is 2.59. The van der Waals surface area contributed by atoms with Gasteiger partial charge >= 0.3 is 0 Å². The average Bonchev–Trinajstić information content (AvgIpc) is 2.74. The molecular weight excluding hydrogens is 211 g/mol. The molecular formula is C11H15FN2O2. The Morgan fingerprint density at radius 2 is 2.25 bits per heavy atom. The Balaban J connectivity index is 2.02. The van der Waals surface area contributed by atoms with Crippen LogP contribution in [0.1, 0.15) is 12.8 Å². The maximum absolute atomic E-state index is 13.1. The van der Waals surface area contributed by atoms with E-state index in [0.717, 1.165) is 19.4 Å². The van der Waals surface area contributed by atoms with Gasteiger partial charge < -0.3 is 20.9 Å². The lowest BCUT2D eigenvalue weighted by atomic mass is 10.2. The van der Waals surface area contributed by atoms with Crippen LogP contribution in [0, 0.1) is 5.82 Å². The molecule has 1 atom stereocenters. The van der Waals surface area contributed by atoms with Gasteiger partial charge in [0, 0.05) is 12.7 Å². The van der Waals surface area contributed by atoms with Gasteiger partial charge in [-0.1, -0.05) is 0 Å². The summed E-state index contributed by atoms with van der Waals surface area (Å²) in [5.74, 6) is -0.165. The zero-order valence-electron chi connectivity index (χ0n) is 8.91. The Morgan fingerprint density at radius 3 is 2.94 bits per heavy atom. The molecule has 88 valence electrons. The number of benzene rings is 1. The molecule has 0 radical (unpaired) electrons. The minimum atomic E-state index is -0.450. The molecule has 1 aliphatic heterocycles. The topological polar surface area (TPSA) is 70.5 Å². The third kappa shape index (κ3) is 2.36. The van der Waals surface area contributed by atoms with Crippen LogP contribution in [0.25, 0.3) is 0 Å². The summed E-state index contributed by atoms with van der Waals surface area (Å²) in [5, 5.41) is 0. The van der Waals surface area contributed by atoms with Crippen molar-refractivity contribution in [3.8, 4) is 5.75 Å². The van der Waals surface area contributed by atoms with Crippen LogP contribution in [-0.4, -0.2) is 19.3 Å². The predicted octanol–water partition coefficient (Wildman–Crippen LogP) is 1.55. The summed E-state index contributed by atoms with van der Waals surface area (Å²) in [7, 11) is 0. The van der Waals surface area contributed by atoms with Crippen molar-refractivity contribution in [3.05, 3.63) is 17.9 Å². The van der Waals surface area contributed by atoms with Gasteiger partial charge in [-0.25, -0.2) is 4.39 Å². The molecule has 1 heterocycles. The maximum atomic E-state index is 13.1. The predicted molar refractivity (Wildman–Crippen MR) is 59.7 cm³/mol. The molecule has 1 saturated heterocycles. The van der Waals surface area contributed by atoms with Gasteiger partial charge in [0.1, 0.15) is 18.2 Å². The van der Waals surface area contributed by atoms with Gasteiger partial charge in [0.15, 0.2) is 0 Å². The van der Waals surface area contributed by atoms with Gasteiger partial charge in [0.05, 0.1) is 17.5 Å². The summed E-state index contributed by atoms with van der Waals surface area (Å²) >= 11 is 0. The number of nitrogen functional groups attached to an aromatic ring is 2. The zero-order valence-corrected chi connectivity index (χ0v) is 8.91. The molecule has 0 bridgehead atoms. The van der Waals surface area contributed by atoms with Gasteiger partial charge in [-0.15, -0.1) is 0 Å². The number of ether oxygens (including phenoxy) is 2. The van der Waals surface area contributed by atoms with Gasteiger partial charge in [-0.05, 0) is 18.9 Å². The van der Waals surface area contributed by atoms with Crippen molar-refractivity contribution < 1.29 is 13.9 Å². The van der Waals surface area contributed by atoms with Crippen molar-refractivity contribution in [3.63, 3.8) is 0 Å². The third-order valence-electron chi connectivity index (χ3n) is 2.59. The molecule has 0 spiro atoms.